The van der Waals surface area contributed by atoms with Crippen LogP contribution in [0.25, 0.3) is 0 Å². The van der Waals surface area contributed by atoms with Gasteiger partial charge in [-0.1, -0.05) is 6.92 Å². The van der Waals surface area contributed by atoms with Crippen molar-refractivity contribution >= 4 is 15.7 Å². The zero-order chi connectivity index (χ0) is 14.8. The van der Waals surface area contributed by atoms with Crippen LogP contribution in [0.15, 0.2) is 29.2 Å². The Balaban J connectivity index is 2.15. The second kappa shape index (κ2) is 5.93. The summed E-state index contributed by atoms with van der Waals surface area (Å²) < 4.78 is 23.4. The number of carbonyl (C=O) groups excluding carboxylic acids is 1. The molecule has 1 unspecified atom stereocenters. The fourth-order valence-corrected chi connectivity index (χ4v) is 3.20. The number of carbonyl (C=O) groups is 1. The number of likely N-dealkylation sites (N-methyl/N-ethyl adjacent to an activating group) is 1. The van der Waals surface area contributed by atoms with Gasteiger partial charge in [-0.2, -0.15) is 0 Å². The molecule has 5 nitrogen and oxygen atoms in total. The van der Waals surface area contributed by atoms with Gasteiger partial charge in [0.1, 0.15) is 0 Å². The van der Waals surface area contributed by atoms with Crippen molar-refractivity contribution in [3.63, 3.8) is 0 Å². The van der Waals surface area contributed by atoms with Crippen molar-refractivity contribution in [3.05, 3.63) is 29.8 Å². The van der Waals surface area contributed by atoms with Crippen LogP contribution in [0, 0.1) is 0 Å². The van der Waals surface area contributed by atoms with Crippen molar-refractivity contribution < 1.29 is 13.2 Å². The van der Waals surface area contributed by atoms with Crippen LogP contribution >= 0.6 is 0 Å². The standard InChI is InChI=1S/C14H20N2O3S/c1-3-20(18,19)13-6-4-11(5-7-13)14(17)16(2)12-8-9-15-10-12/h4-7,12,15H,3,8-10H2,1-2H3. The maximum Gasteiger partial charge on any atom is 0.253 e. The van der Waals surface area contributed by atoms with E-state index in [9.17, 15) is 13.2 Å². The summed E-state index contributed by atoms with van der Waals surface area (Å²) in [6.07, 6.45) is 0.949. The van der Waals surface area contributed by atoms with E-state index in [1.165, 1.54) is 12.1 Å². The SMILES string of the molecule is CCS(=O)(=O)c1ccc(C(=O)N(C)C2CCNC2)cc1. The smallest absolute Gasteiger partial charge is 0.253 e. The molecule has 1 aliphatic rings. The highest BCUT2D eigenvalue weighted by atomic mass is 32.2. The van der Waals surface area contributed by atoms with E-state index in [1.807, 2.05) is 0 Å². The van der Waals surface area contributed by atoms with Crippen LogP contribution in [0.2, 0.25) is 0 Å². The largest absolute Gasteiger partial charge is 0.337 e. The number of amides is 1. The lowest BCUT2D eigenvalue weighted by atomic mass is 10.1. The highest BCUT2D eigenvalue weighted by molar-refractivity contribution is 7.91. The monoisotopic (exact) mass is 296 g/mol. The average molecular weight is 296 g/mol. The minimum absolute atomic E-state index is 0.0634. The highest BCUT2D eigenvalue weighted by Gasteiger charge is 2.24. The van der Waals surface area contributed by atoms with Gasteiger partial charge in [-0.05, 0) is 37.2 Å². The average Bonchev–Trinajstić information content (AvgIpc) is 3.00. The van der Waals surface area contributed by atoms with E-state index < -0.39 is 9.84 Å². The molecule has 0 bridgehead atoms. The minimum Gasteiger partial charge on any atom is -0.337 e. The zero-order valence-electron chi connectivity index (χ0n) is 11.8. The predicted octanol–water partition coefficient (Wildman–Crippen LogP) is 0.914. The van der Waals surface area contributed by atoms with Gasteiger partial charge >= 0.3 is 0 Å². The molecule has 1 aliphatic heterocycles. The summed E-state index contributed by atoms with van der Waals surface area (Å²) in [5, 5.41) is 3.22. The first-order valence-electron chi connectivity index (χ1n) is 6.76. The van der Waals surface area contributed by atoms with E-state index in [0.717, 1.165) is 19.5 Å². The van der Waals surface area contributed by atoms with Crippen LogP contribution in [0.4, 0.5) is 0 Å². The maximum absolute atomic E-state index is 12.3. The first-order valence-corrected chi connectivity index (χ1v) is 8.41. The molecule has 1 heterocycles. The molecular weight excluding hydrogens is 276 g/mol. The molecule has 2 rings (SSSR count). The molecule has 1 saturated heterocycles. The quantitative estimate of drug-likeness (QED) is 0.897. The van der Waals surface area contributed by atoms with Gasteiger partial charge in [0.15, 0.2) is 9.84 Å². The molecule has 110 valence electrons. The van der Waals surface area contributed by atoms with Gasteiger partial charge < -0.3 is 10.2 Å². The molecule has 1 N–H and O–H groups in total. The van der Waals surface area contributed by atoms with E-state index in [4.69, 9.17) is 0 Å². The molecule has 0 saturated carbocycles. The van der Waals surface area contributed by atoms with Crippen LogP contribution in [0.1, 0.15) is 23.7 Å². The normalized spacial score (nSPS) is 19.0. The van der Waals surface area contributed by atoms with Crippen LogP contribution in [-0.2, 0) is 9.84 Å². The highest BCUT2D eigenvalue weighted by Crippen LogP contribution is 2.15. The molecule has 1 amide bonds. The third-order valence-electron chi connectivity index (χ3n) is 3.74. The molecule has 1 atom stereocenters. The Morgan fingerprint density at radius 1 is 1.35 bits per heavy atom. The summed E-state index contributed by atoms with van der Waals surface area (Å²) in [5.41, 5.74) is 0.523. The lowest BCUT2D eigenvalue weighted by Crippen LogP contribution is -2.38. The Kier molecular flexibility index (Phi) is 4.45. The number of rotatable bonds is 4. The molecule has 0 spiro atoms. The summed E-state index contributed by atoms with van der Waals surface area (Å²) in [5.74, 6) is -0.00680. The summed E-state index contributed by atoms with van der Waals surface area (Å²) in [7, 11) is -1.42. The zero-order valence-corrected chi connectivity index (χ0v) is 12.6. The Bertz CT molecular complexity index is 575. The Morgan fingerprint density at radius 3 is 2.50 bits per heavy atom. The molecule has 20 heavy (non-hydrogen) atoms. The van der Waals surface area contributed by atoms with Gasteiger partial charge in [0.2, 0.25) is 0 Å². The van der Waals surface area contributed by atoms with E-state index in [0.29, 0.717) is 5.56 Å². The summed E-state index contributed by atoms with van der Waals surface area (Å²) >= 11 is 0. The molecule has 0 aliphatic carbocycles. The van der Waals surface area contributed by atoms with E-state index in [-0.39, 0.29) is 22.6 Å². The maximum atomic E-state index is 12.3. The molecule has 6 heteroatoms. The fraction of sp³-hybridized carbons (Fsp3) is 0.500. The van der Waals surface area contributed by atoms with Crippen molar-refractivity contribution in [1.82, 2.24) is 10.2 Å². The summed E-state index contributed by atoms with van der Waals surface area (Å²) in [6.45, 7) is 3.34. The Hall–Kier alpha value is -1.40. The van der Waals surface area contributed by atoms with Gasteiger partial charge in [0, 0.05) is 25.2 Å². The Morgan fingerprint density at radius 2 is 2.00 bits per heavy atom. The molecular formula is C14H20N2O3S. The van der Waals surface area contributed by atoms with Gasteiger partial charge in [-0.25, -0.2) is 8.42 Å². The van der Waals surface area contributed by atoms with Crippen LogP contribution in [0.5, 0.6) is 0 Å². The lowest BCUT2D eigenvalue weighted by molar-refractivity contribution is 0.0743. The third kappa shape index (κ3) is 3.02. The van der Waals surface area contributed by atoms with Crippen molar-refractivity contribution in [2.24, 2.45) is 0 Å². The number of nitrogens with one attached hydrogen (secondary N) is 1. The first kappa shape index (κ1) is 15.0. The second-order valence-electron chi connectivity index (χ2n) is 4.99. The number of nitrogens with zero attached hydrogens (tertiary/aromatic N) is 1. The van der Waals surface area contributed by atoms with Crippen LogP contribution < -0.4 is 5.32 Å². The number of benzene rings is 1. The van der Waals surface area contributed by atoms with Crippen molar-refractivity contribution in [3.8, 4) is 0 Å². The lowest BCUT2D eigenvalue weighted by Gasteiger charge is -2.23. The number of sulfone groups is 1. The predicted molar refractivity (Wildman–Crippen MR) is 77.5 cm³/mol. The van der Waals surface area contributed by atoms with Gasteiger partial charge in [-0.15, -0.1) is 0 Å². The van der Waals surface area contributed by atoms with Crippen LogP contribution in [0.3, 0.4) is 0 Å². The van der Waals surface area contributed by atoms with Gasteiger partial charge in [0.25, 0.3) is 5.91 Å². The minimum atomic E-state index is -3.21. The van der Waals surface area contributed by atoms with Crippen LogP contribution in [-0.4, -0.2) is 51.2 Å². The van der Waals surface area contributed by atoms with Crippen molar-refractivity contribution in [1.29, 1.82) is 0 Å². The molecule has 0 aromatic heterocycles. The number of hydrogen-bond donors (Lipinski definition) is 1. The Labute approximate surface area is 119 Å². The number of hydrogen-bond acceptors (Lipinski definition) is 4. The first-order chi connectivity index (χ1) is 9.45. The van der Waals surface area contributed by atoms with Crippen molar-refractivity contribution in [2.45, 2.75) is 24.3 Å². The van der Waals surface area contributed by atoms with Gasteiger partial charge in [-0.3, -0.25) is 4.79 Å². The van der Waals surface area contributed by atoms with E-state index in [1.54, 1.807) is 31.0 Å². The van der Waals surface area contributed by atoms with Crippen molar-refractivity contribution in [2.75, 3.05) is 25.9 Å². The van der Waals surface area contributed by atoms with E-state index in [2.05, 4.69) is 5.32 Å². The van der Waals surface area contributed by atoms with E-state index >= 15 is 0 Å². The topological polar surface area (TPSA) is 66.5 Å². The summed E-state index contributed by atoms with van der Waals surface area (Å²) in [6, 6.07) is 6.40. The third-order valence-corrected chi connectivity index (χ3v) is 5.49. The fourth-order valence-electron chi connectivity index (χ4n) is 2.31. The molecule has 1 aromatic carbocycles. The van der Waals surface area contributed by atoms with Gasteiger partial charge in [0.05, 0.1) is 10.6 Å². The second-order valence-corrected chi connectivity index (χ2v) is 7.27. The molecule has 0 radical (unpaired) electrons. The molecule has 1 fully saturated rings. The summed E-state index contributed by atoms with van der Waals surface area (Å²) in [4.78, 5) is 14.3. The molecule has 1 aromatic rings.